The van der Waals surface area contributed by atoms with Crippen LogP contribution in [0.25, 0.3) is 22.0 Å². The van der Waals surface area contributed by atoms with E-state index in [1.807, 2.05) is 66.4 Å². The molecule has 1 aliphatic heterocycles. The number of benzene rings is 3. The quantitative estimate of drug-likeness (QED) is 0.454. The molecular formula is C27H26N4O2. The number of rotatable bonds is 5. The van der Waals surface area contributed by atoms with E-state index in [-0.39, 0.29) is 5.91 Å². The van der Waals surface area contributed by atoms with Crippen LogP contribution in [0.3, 0.4) is 0 Å². The summed E-state index contributed by atoms with van der Waals surface area (Å²) in [5, 5.41) is 11.4. The van der Waals surface area contributed by atoms with Crippen LogP contribution in [0.1, 0.15) is 17.3 Å². The number of anilines is 1. The predicted octanol–water partition coefficient (Wildman–Crippen LogP) is 4.66. The zero-order valence-electron chi connectivity index (χ0n) is 18.6. The zero-order valence-corrected chi connectivity index (χ0v) is 18.6. The van der Waals surface area contributed by atoms with Crippen molar-refractivity contribution in [3.8, 4) is 17.0 Å². The van der Waals surface area contributed by atoms with E-state index in [1.54, 1.807) is 0 Å². The molecule has 0 unspecified atom stereocenters. The van der Waals surface area contributed by atoms with E-state index in [0.717, 1.165) is 35.9 Å². The van der Waals surface area contributed by atoms with Gasteiger partial charge in [-0.3, -0.25) is 4.79 Å². The van der Waals surface area contributed by atoms with Crippen molar-refractivity contribution in [1.82, 2.24) is 15.1 Å². The number of aromatic nitrogens is 2. The number of carbonyl (C=O) groups is 1. The molecule has 1 saturated heterocycles. The van der Waals surface area contributed by atoms with Crippen LogP contribution in [0.5, 0.6) is 5.75 Å². The molecule has 1 amide bonds. The first-order chi connectivity index (χ1) is 16.2. The van der Waals surface area contributed by atoms with E-state index in [2.05, 4.69) is 39.4 Å². The van der Waals surface area contributed by atoms with Crippen LogP contribution in [0.15, 0.2) is 78.9 Å². The second kappa shape index (κ2) is 9.28. The maximum absolute atomic E-state index is 12.9. The highest BCUT2D eigenvalue weighted by molar-refractivity contribution is 5.96. The normalized spacial score (nSPS) is 13.8. The molecule has 0 aliphatic carbocycles. The van der Waals surface area contributed by atoms with Crippen molar-refractivity contribution in [3.63, 3.8) is 0 Å². The monoisotopic (exact) mass is 438 g/mol. The molecule has 166 valence electrons. The molecule has 1 fully saturated rings. The molecule has 4 aromatic rings. The Morgan fingerprint density at radius 2 is 1.61 bits per heavy atom. The Balaban J connectivity index is 1.24. The van der Waals surface area contributed by atoms with Crippen molar-refractivity contribution >= 4 is 22.5 Å². The molecule has 1 aliphatic rings. The molecule has 0 bridgehead atoms. The summed E-state index contributed by atoms with van der Waals surface area (Å²) < 4.78 is 5.46. The summed E-state index contributed by atoms with van der Waals surface area (Å²) in [4.78, 5) is 16.9. The topological polar surface area (TPSA) is 58.6 Å². The Labute approximate surface area is 193 Å². The van der Waals surface area contributed by atoms with E-state index in [9.17, 15) is 4.79 Å². The molecule has 0 saturated carbocycles. The van der Waals surface area contributed by atoms with Crippen LogP contribution in [0, 0.1) is 0 Å². The third kappa shape index (κ3) is 4.37. The summed E-state index contributed by atoms with van der Waals surface area (Å²) in [7, 11) is 0. The molecule has 0 atom stereocenters. The van der Waals surface area contributed by atoms with Gasteiger partial charge in [-0.15, -0.1) is 10.2 Å². The first-order valence-corrected chi connectivity index (χ1v) is 11.3. The van der Waals surface area contributed by atoms with Gasteiger partial charge in [0.25, 0.3) is 5.91 Å². The third-order valence-electron chi connectivity index (χ3n) is 6.02. The number of fused-ring (bicyclic) bond motifs is 1. The van der Waals surface area contributed by atoms with E-state index < -0.39 is 0 Å². The highest BCUT2D eigenvalue weighted by atomic mass is 16.5. The smallest absolute Gasteiger partial charge is 0.253 e. The first kappa shape index (κ1) is 20.9. The van der Waals surface area contributed by atoms with Crippen LogP contribution in [-0.2, 0) is 0 Å². The number of hydrogen-bond donors (Lipinski definition) is 0. The van der Waals surface area contributed by atoms with E-state index in [4.69, 9.17) is 4.74 Å². The van der Waals surface area contributed by atoms with Gasteiger partial charge in [-0.25, -0.2) is 0 Å². The largest absolute Gasteiger partial charge is 0.494 e. The van der Waals surface area contributed by atoms with Crippen molar-refractivity contribution < 1.29 is 9.53 Å². The highest BCUT2D eigenvalue weighted by Crippen LogP contribution is 2.27. The van der Waals surface area contributed by atoms with Crippen molar-refractivity contribution in [3.05, 3.63) is 84.4 Å². The molecule has 2 heterocycles. The lowest BCUT2D eigenvalue weighted by Crippen LogP contribution is -2.49. The summed E-state index contributed by atoms with van der Waals surface area (Å²) in [6.45, 7) is 5.31. The van der Waals surface area contributed by atoms with Crippen molar-refractivity contribution in [2.75, 3.05) is 37.7 Å². The highest BCUT2D eigenvalue weighted by Gasteiger charge is 2.23. The molecular weight excluding hydrogens is 412 g/mol. The van der Waals surface area contributed by atoms with Crippen LogP contribution in [0.2, 0.25) is 0 Å². The summed E-state index contributed by atoms with van der Waals surface area (Å²) in [5.74, 6) is 1.67. The minimum absolute atomic E-state index is 0.0510. The number of ether oxygens (including phenoxy) is 1. The summed E-state index contributed by atoms with van der Waals surface area (Å²) in [6, 6.07) is 25.9. The lowest BCUT2D eigenvalue weighted by molar-refractivity contribution is 0.0746. The average Bonchev–Trinajstić information content (AvgIpc) is 2.89. The average molecular weight is 439 g/mol. The fourth-order valence-corrected chi connectivity index (χ4v) is 4.27. The second-order valence-electron chi connectivity index (χ2n) is 8.04. The fourth-order valence-electron chi connectivity index (χ4n) is 4.27. The van der Waals surface area contributed by atoms with E-state index in [0.29, 0.717) is 25.3 Å². The van der Waals surface area contributed by atoms with Gasteiger partial charge >= 0.3 is 0 Å². The Bertz CT molecular complexity index is 1240. The minimum atomic E-state index is 0.0510. The van der Waals surface area contributed by atoms with Crippen molar-refractivity contribution in [1.29, 1.82) is 0 Å². The van der Waals surface area contributed by atoms with Crippen LogP contribution < -0.4 is 9.64 Å². The van der Waals surface area contributed by atoms with Gasteiger partial charge in [0.05, 0.1) is 12.3 Å². The maximum Gasteiger partial charge on any atom is 0.253 e. The van der Waals surface area contributed by atoms with E-state index >= 15 is 0 Å². The van der Waals surface area contributed by atoms with Gasteiger partial charge in [0.2, 0.25) is 0 Å². The SMILES string of the molecule is CCOc1ccc(C(=O)N2CCN(c3ccc(-c4cccc5ccccc45)nn3)CC2)cc1. The lowest BCUT2D eigenvalue weighted by atomic mass is 10.0. The Morgan fingerprint density at radius 1 is 0.848 bits per heavy atom. The molecule has 33 heavy (non-hydrogen) atoms. The molecule has 3 aromatic carbocycles. The Kier molecular flexibility index (Phi) is 5.89. The maximum atomic E-state index is 12.9. The fraction of sp³-hybridized carbons (Fsp3) is 0.222. The van der Waals surface area contributed by atoms with Crippen LogP contribution >= 0.6 is 0 Å². The molecule has 0 spiro atoms. The lowest BCUT2D eigenvalue weighted by Gasteiger charge is -2.35. The van der Waals surface area contributed by atoms with Gasteiger partial charge in [-0.1, -0.05) is 42.5 Å². The van der Waals surface area contributed by atoms with Gasteiger partial charge in [-0.2, -0.15) is 0 Å². The van der Waals surface area contributed by atoms with Crippen molar-refractivity contribution in [2.24, 2.45) is 0 Å². The summed E-state index contributed by atoms with van der Waals surface area (Å²) >= 11 is 0. The summed E-state index contributed by atoms with van der Waals surface area (Å²) in [6.07, 6.45) is 0. The van der Waals surface area contributed by atoms with Gasteiger partial charge < -0.3 is 14.5 Å². The number of amides is 1. The van der Waals surface area contributed by atoms with Crippen LogP contribution in [-0.4, -0.2) is 53.8 Å². The van der Waals surface area contributed by atoms with Crippen LogP contribution in [0.4, 0.5) is 5.82 Å². The zero-order chi connectivity index (χ0) is 22.6. The Morgan fingerprint density at radius 3 is 2.33 bits per heavy atom. The molecule has 1 aromatic heterocycles. The summed E-state index contributed by atoms with van der Waals surface area (Å²) in [5.41, 5.74) is 2.63. The third-order valence-corrected chi connectivity index (χ3v) is 6.02. The molecule has 0 radical (unpaired) electrons. The van der Waals surface area contributed by atoms with Gasteiger partial charge in [0.15, 0.2) is 5.82 Å². The minimum Gasteiger partial charge on any atom is -0.494 e. The number of carbonyl (C=O) groups excluding carboxylic acids is 1. The standard InChI is InChI=1S/C27H26N4O2/c1-2-33-22-12-10-21(11-13-22)27(32)31-18-16-30(17-19-31)26-15-14-25(28-29-26)24-9-5-7-20-6-3-4-8-23(20)24/h3-15H,2,16-19H2,1H3. The number of hydrogen-bond acceptors (Lipinski definition) is 5. The van der Waals surface area contributed by atoms with E-state index in [1.165, 1.54) is 10.8 Å². The first-order valence-electron chi connectivity index (χ1n) is 11.3. The molecule has 5 rings (SSSR count). The van der Waals surface area contributed by atoms with Gasteiger partial charge in [0.1, 0.15) is 5.75 Å². The number of piperazine rings is 1. The molecule has 6 heteroatoms. The Hall–Kier alpha value is -3.93. The van der Waals surface area contributed by atoms with Gasteiger partial charge in [-0.05, 0) is 54.1 Å². The molecule has 0 N–H and O–H groups in total. The molecule has 6 nitrogen and oxygen atoms in total. The predicted molar refractivity (Wildman–Crippen MR) is 131 cm³/mol. The second-order valence-corrected chi connectivity index (χ2v) is 8.04. The van der Waals surface area contributed by atoms with Crippen molar-refractivity contribution in [2.45, 2.75) is 6.92 Å². The van der Waals surface area contributed by atoms with Gasteiger partial charge in [0, 0.05) is 37.3 Å². The number of nitrogens with zero attached hydrogens (tertiary/aromatic N) is 4.